The van der Waals surface area contributed by atoms with Crippen molar-refractivity contribution in [2.75, 3.05) is 20.3 Å². The van der Waals surface area contributed by atoms with Crippen LogP contribution in [-0.4, -0.2) is 49.5 Å². The van der Waals surface area contributed by atoms with E-state index >= 15 is 0 Å². The summed E-state index contributed by atoms with van der Waals surface area (Å²) in [6.45, 7) is -0.0788. The van der Waals surface area contributed by atoms with Gasteiger partial charge in [-0.05, 0) is 34.4 Å². The summed E-state index contributed by atoms with van der Waals surface area (Å²) in [5.41, 5.74) is 6.51. The van der Waals surface area contributed by atoms with Gasteiger partial charge in [-0.2, -0.15) is 0 Å². The van der Waals surface area contributed by atoms with Crippen LogP contribution in [0.2, 0.25) is 0 Å². The molecule has 0 saturated carbocycles. The number of fused-ring (bicyclic) bond motifs is 3. The summed E-state index contributed by atoms with van der Waals surface area (Å²) < 4.78 is 15.6. The van der Waals surface area contributed by atoms with Crippen molar-refractivity contribution in [1.82, 2.24) is 10.8 Å². The van der Waals surface area contributed by atoms with Crippen molar-refractivity contribution < 1.29 is 38.2 Å². The van der Waals surface area contributed by atoms with Crippen LogP contribution in [0, 0.1) is 0 Å². The van der Waals surface area contributed by atoms with Crippen LogP contribution in [0.15, 0.2) is 65.1 Å². The van der Waals surface area contributed by atoms with E-state index in [0.717, 1.165) is 22.3 Å². The molecule has 0 aliphatic heterocycles. The molecule has 0 spiro atoms. The summed E-state index contributed by atoms with van der Waals surface area (Å²) in [4.78, 5) is 40.2. The average Bonchev–Trinajstić information content (AvgIpc) is 3.47. The minimum Gasteiger partial charge on any atom is -0.479 e. The molecule has 4 rings (SSSR count). The van der Waals surface area contributed by atoms with Crippen molar-refractivity contribution in [3.05, 3.63) is 83.3 Å². The zero-order chi connectivity index (χ0) is 24.8. The van der Waals surface area contributed by atoms with Crippen molar-refractivity contribution in [3.63, 3.8) is 0 Å². The summed E-state index contributed by atoms with van der Waals surface area (Å²) in [5.74, 6) is -1.94. The smallest absolute Gasteiger partial charge is 0.407 e. The van der Waals surface area contributed by atoms with E-state index < -0.39 is 24.1 Å². The van der Waals surface area contributed by atoms with Crippen LogP contribution in [0.3, 0.4) is 0 Å². The molecule has 1 heterocycles. The van der Waals surface area contributed by atoms with Gasteiger partial charge < -0.3 is 24.3 Å². The molecule has 2 amide bonds. The predicted molar refractivity (Wildman–Crippen MR) is 122 cm³/mol. The standard InChI is InChI=1S/C25H24N2O8/c1-32-14-22(24(29)30)35-27-23(28)21-11-10-15(34-21)12-26-25(31)33-13-20-18-8-4-2-6-16(18)17-7-3-5-9-19(17)20/h2-11,20,22H,12-14H2,1H3,(H,26,31)(H,27,28)(H,29,30). The van der Waals surface area contributed by atoms with Crippen LogP contribution >= 0.6 is 0 Å². The summed E-state index contributed by atoms with van der Waals surface area (Å²) in [6.07, 6.45) is -1.99. The first kappa shape index (κ1) is 24.0. The van der Waals surface area contributed by atoms with Crippen LogP contribution in [0.4, 0.5) is 4.79 Å². The molecule has 1 aromatic heterocycles. The summed E-state index contributed by atoms with van der Waals surface area (Å²) in [6, 6.07) is 19.0. The number of alkyl carbamates (subject to hydrolysis) is 1. The van der Waals surface area contributed by atoms with Gasteiger partial charge in [-0.1, -0.05) is 48.5 Å². The van der Waals surface area contributed by atoms with Gasteiger partial charge in [0.25, 0.3) is 0 Å². The van der Waals surface area contributed by atoms with E-state index in [-0.39, 0.29) is 31.4 Å². The molecule has 10 nitrogen and oxygen atoms in total. The third kappa shape index (κ3) is 5.51. The van der Waals surface area contributed by atoms with E-state index in [1.807, 2.05) is 41.9 Å². The Labute approximate surface area is 200 Å². The van der Waals surface area contributed by atoms with Crippen molar-refractivity contribution >= 4 is 18.0 Å². The maximum atomic E-state index is 12.3. The van der Waals surface area contributed by atoms with Crippen LogP contribution in [0.25, 0.3) is 11.1 Å². The Morgan fingerprint density at radius 3 is 2.29 bits per heavy atom. The van der Waals surface area contributed by atoms with Gasteiger partial charge in [0.15, 0.2) is 5.76 Å². The number of methoxy groups -OCH3 is 1. The molecule has 182 valence electrons. The van der Waals surface area contributed by atoms with Gasteiger partial charge in [0.2, 0.25) is 6.10 Å². The molecule has 0 bridgehead atoms. The zero-order valence-corrected chi connectivity index (χ0v) is 18.9. The van der Waals surface area contributed by atoms with Gasteiger partial charge in [-0.3, -0.25) is 9.63 Å². The van der Waals surface area contributed by atoms with E-state index in [9.17, 15) is 14.4 Å². The number of hydrogen-bond donors (Lipinski definition) is 3. The molecule has 1 atom stereocenters. The molecule has 1 aliphatic carbocycles. The van der Waals surface area contributed by atoms with Gasteiger partial charge in [-0.25, -0.2) is 15.1 Å². The second-order valence-electron chi connectivity index (χ2n) is 7.78. The quantitative estimate of drug-likeness (QED) is 0.377. The Morgan fingerprint density at radius 2 is 1.66 bits per heavy atom. The Morgan fingerprint density at radius 1 is 1.00 bits per heavy atom. The number of hydrogen-bond acceptors (Lipinski definition) is 7. The number of amides is 2. The van der Waals surface area contributed by atoms with Crippen LogP contribution < -0.4 is 10.8 Å². The summed E-state index contributed by atoms with van der Waals surface area (Å²) in [7, 11) is 1.31. The topological polar surface area (TPSA) is 136 Å². The zero-order valence-electron chi connectivity index (χ0n) is 18.9. The SMILES string of the molecule is COCC(ONC(=O)c1ccc(CNC(=O)OCC2c3ccccc3-c3ccccc32)o1)C(=O)O. The monoisotopic (exact) mass is 480 g/mol. The van der Waals surface area contributed by atoms with Crippen molar-refractivity contribution in [3.8, 4) is 11.1 Å². The van der Waals surface area contributed by atoms with Gasteiger partial charge in [0, 0.05) is 13.0 Å². The van der Waals surface area contributed by atoms with E-state index in [2.05, 4.69) is 17.4 Å². The highest BCUT2D eigenvalue weighted by molar-refractivity contribution is 5.90. The van der Waals surface area contributed by atoms with Crippen LogP contribution in [0.1, 0.15) is 33.4 Å². The van der Waals surface area contributed by atoms with E-state index in [1.54, 1.807) is 0 Å². The van der Waals surface area contributed by atoms with Gasteiger partial charge in [-0.15, -0.1) is 0 Å². The number of carbonyl (C=O) groups excluding carboxylic acids is 2. The van der Waals surface area contributed by atoms with E-state index in [1.165, 1.54) is 19.2 Å². The van der Waals surface area contributed by atoms with Crippen molar-refractivity contribution in [2.45, 2.75) is 18.6 Å². The van der Waals surface area contributed by atoms with Crippen LogP contribution in [-0.2, 0) is 25.7 Å². The number of carboxylic acids is 1. The molecule has 35 heavy (non-hydrogen) atoms. The Balaban J connectivity index is 1.27. The van der Waals surface area contributed by atoms with Gasteiger partial charge >= 0.3 is 18.0 Å². The molecule has 1 aliphatic rings. The summed E-state index contributed by atoms with van der Waals surface area (Å²) >= 11 is 0. The lowest BCUT2D eigenvalue weighted by Crippen LogP contribution is -2.37. The number of hydroxylamine groups is 1. The number of carboxylic acid groups (broad SMARTS) is 1. The van der Waals surface area contributed by atoms with Crippen molar-refractivity contribution in [2.24, 2.45) is 0 Å². The lowest BCUT2D eigenvalue weighted by Gasteiger charge is -2.14. The molecule has 0 fully saturated rings. The maximum Gasteiger partial charge on any atom is 0.407 e. The normalized spacial score (nSPS) is 12.9. The molecular weight excluding hydrogens is 456 g/mol. The molecule has 0 saturated heterocycles. The first-order valence-corrected chi connectivity index (χ1v) is 10.8. The Kier molecular flexibility index (Phi) is 7.44. The highest BCUT2D eigenvalue weighted by Gasteiger charge is 2.29. The predicted octanol–water partition coefficient (Wildman–Crippen LogP) is 3.08. The van der Waals surface area contributed by atoms with Gasteiger partial charge in [0.05, 0.1) is 13.2 Å². The third-order valence-electron chi connectivity index (χ3n) is 5.52. The molecule has 2 aromatic carbocycles. The molecule has 3 aromatic rings. The fraction of sp³-hybridized carbons (Fsp3) is 0.240. The van der Waals surface area contributed by atoms with Crippen LogP contribution in [0.5, 0.6) is 0 Å². The highest BCUT2D eigenvalue weighted by atomic mass is 16.7. The molecule has 0 radical (unpaired) electrons. The lowest BCUT2D eigenvalue weighted by atomic mass is 9.98. The number of nitrogens with one attached hydrogen (secondary N) is 2. The highest BCUT2D eigenvalue weighted by Crippen LogP contribution is 2.44. The average molecular weight is 480 g/mol. The summed E-state index contributed by atoms with van der Waals surface area (Å²) in [5, 5.41) is 11.6. The lowest BCUT2D eigenvalue weighted by molar-refractivity contribution is -0.158. The van der Waals surface area contributed by atoms with E-state index in [0.29, 0.717) is 5.76 Å². The first-order chi connectivity index (χ1) is 17.0. The molecular formula is C25H24N2O8. The van der Waals surface area contributed by atoms with E-state index in [4.69, 9.17) is 23.8 Å². The fourth-order valence-electron chi connectivity index (χ4n) is 3.89. The first-order valence-electron chi connectivity index (χ1n) is 10.8. The Hall–Kier alpha value is -4.15. The number of ether oxygens (including phenoxy) is 2. The molecule has 1 unspecified atom stereocenters. The minimum atomic E-state index is -1.37. The third-order valence-corrected chi connectivity index (χ3v) is 5.52. The number of carbonyl (C=O) groups is 3. The minimum absolute atomic E-state index is 0.00770. The number of furan rings is 1. The maximum absolute atomic E-state index is 12.3. The number of benzene rings is 2. The number of rotatable bonds is 10. The van der Waals surface area contributed by atoms with Gasteiger partial charge in [0.1, 0.15) is 12.4 Å². The fourth-order valence-corrected chi connectivity index (χ4v) is 3.89. The second kappa shape index (κ2) is 10.9. The molecule has 3 N–H and O–H groups in total. The van der Waals surface area contributed by atoms with Crippen molar-refractivity contribution in [1.29, 1.82) is 0 Å². The second-order valence-corrected chi connectivity index (χ2v) is 7.78. The molecule has 10 heteroatoms. The largest absolute Gasteiger partial charge is 0.479 e. The Bertz CT molecular complexity index is 1180. The number of aliphatic carboxylic acids is 1.